The zero-order chi connectivity index (χ0) is 22.0. The first-order valence-corrected chi connectivity index (χ1v) is 10.7. The minimum absolute atomic E-state index is 0.0995. The third-order valence-electron chi connectivity index (χ3n) is 5.04. The van der Waals surface area contributed by atoms with Gasteiger partial charge in [0.05, 0.1) is 22.6 Å². The van der Waals surface area contributed by atoms with Crippen molar-refractivity contribution in [2.75, 3.05) is 26.2 Å². The van der Waals surface area contributed by atoms with Crippen molar-refractivity contribution in [3.05, 3.63) is 45.7 Å². The third kappa shape index (κ3) is 4.56. The molecule has 1 aromatic carbocycles. The number of amides is 3. The molecule has 0 radical (unpaired) electrons. The quantitative estimate of drug-likeness (QED) is 0.688. The molecule has 1 N–H and O–H groups in total. The summed E-state index contributed by atoms with van der Waals surface area (Å²) in [6.45, 7) is 8.73. The molecule has 1 aliphatic heterocycles. The molecule has 9 heteroatoms. The smallest absolute Gasteiger partial charge is 0.312 e. The number of rotatable bonds is 3. The second-order valence-electron chi connectivity index (χ2n) is 7.65. The maximum absolute atomic E-state index is 13.2. The fraction of sp³-hybridized carbons (Fsp3) is 0.429. The Kier molecular flexibility index (Phi) is 6.60. The molecule has 0 saturated carbocycles. The number of carbonyl (C=O) groups is 3. The zero-order valence-electron chi connectivity index (χ0n) is 17.6. The Morgan fingerprint density at radius 3 is 2.13 bits per heavy atom. The molecule has 0 spiro atoms. The highest BCUT2D eigenvalue weighted by Gasteiger charge is 2.30. The van der Waals surface area contributed by atoms with Crippen LogP contribution in [0.2, 0.25) is 0 Å². The van der Waals surface area contributed by atoms with Crippen LogP contribution in [0.1, 0.15) is 35.6 Å². The van der Waals surface area contributed by atoms with Gasteiger partial charge in [-0.25, -0.2) is 4.68 Å². The Morgan fingerprint density at radius 1 is 1.00 bits per heavy atom. The van der Waals surface area contributed by atoms with Crippen molar-refractivity contribution in [2.24, 2.45) is 0 Å². The van der Waals surface area contributed by atoms with Crippen LogP contribution in [0.15, 0.2) is 28.7 Å². The van der Waals surface area contributed by atoms with E-state index in [9.17, 15) is 14.4 Å². The van der Waals surface area contributed by atoms with Gasteiger partial charge in [-0.1, -0.05) is 15.9 Å². The Bertz CT molecular complexity index is 960. The van der Waals surface area contributed by atoms with E-state index < -0.39 is 11.8 Å². The van der Waals surface area contributed by atoms with Crippen molar-refractivity contribution in [3.8, 4) is 5.69 Å². The van der Waals surface area contributed by atoms with Gasteiger partial charge in [0.25, 0.3) is 5.91 Å². The Morgan fingerprint density at radius 2 is 1.57 bits per heavy atom. The first-order chi connectivity index (χ1) is 14.2. The van der Waals surface area contributed by atoms with Crippen LogP contribution >= 0.6 is 15.9 Å². The lowest BCUT2D eigenvalue weighted by Crippen LogP contribution is -2.54. The standard InChI is InChI=1S/C21H26BrN5O3/c1-13(2)23-19(28)21(30)26-11-9-25(10-12-26)20(29)18-14(3)24-27(15(18)4)17-7-5-16(22)6-8-17/h5-8,13H,9-12H2,1-4H3,(H,23,28). The van der Waals surface area contributed by atoms with Crippen molar-refractivity contribution in [1.29, 1.82) is 0 Å². The summed E-state index contributed by atoms with van der Waals surface area (Å²) in [5, 5.41) is 7.17. The number of benzene rings is 1. The molecule has 2 aromatic rings. The van der Waals surface area contributed by atoms with E-state index in [1.807, 2.05) is 38.1 Å². The van der Waals surface area contributed by atoms with Gasteiger partial charge in [0.2, 0.25) is 0 Å². The lowest BCUT2D eigenvalue weighted by Gasteiger charge is -2.34. The molecule has 0 bridgehead atoms. The Hall–Kier alpha value is -2.68. The van der Waals surface area contributed by atoms with Gasteiger partial charge in [-0.2, -0.15) is 5.10 Å². The number of carbonyl (C=O) groups excluding carboxylic acids is 3. The molecule has 2 heterocycles. The SMILES string of the molecule is Cc1nn(-c2ccc(Br)cc2)c(C)c1C(=O)N1CCN(C(=O)C(=O)NC(C)C)CC1. The highest BCUT2D eigenvalue weighted by atomic mass is 79.9. The number of aryl methyl sites for hydroxylation is 1. The number of aromatic nitrogens is 2. The second-order valence-corrected chi connectivity index (χ2v) is 8.56. The molecule has 3 amide bonds. The molecule has 1 fully saturated rings. The van der Waals surface area contributed by atoms with E-state index in [1.54, 1.807) is 23.4 Å². The summed E-state index contributed by atoms with van der Waals surface area (Å²) < 4.78 is 2.74. The van der Waals surface area contributed by atoms with Crippen LogP contribution in [-0.2, 0) is 9.59 Å². The number of hydrogen-bond donors (Lipinski definition) is 1. The molecule has 0 unspecified atom stereocenters. The molecular formula is C21H26BrN5O3. The monoisotopic (exact) mass is 475 g/mol. The van der Waals surface area contributed by atoms with Crippen LogP contribution in [0.4, 0.5) is 0 Å². The van der Waals surface area contributed by atoms with E-state index in [0.29, 0.717) is 37.4 Å². The average Bonchev–Trinajstić information content (AvgIpc) is 3.01. The minimum atomic E-state index is -0.604. The summed E-state index contributed by atoms with van der Waals surface area (Å²) in [5.41, 5.74) is 2.89. The van der Waals surface area contributed by atoms with Gasteiger partial charge in [-0.15, -0.1) is 0 Å². The fourth-order valence-corrected chi connectivity index (χ4v) is 3.79. The van der Waals surface area contributed by atoms with Gasteiger partial charge < -0.3 is 15.1 Å². The van der Waals surface area contributed by atoms with Gasteiger partial charge in [0, 0.05) is 36.7 Å². The largest absolute Gasteiger partial charge is 0.346 e. The van der Waals surface area contributed by atoms with Gasteiger partial charge >= 0.3 is 11.8 Å². The Balaban J connectivity index is 1.70. The molecule has 0 aliphatic carbocycles. The van der Waals surface area contributed by atoms with E-state index in [4.69, 9.17) is 0 Å². The van der Waals surface area contributed by atoms with Crippen LogP contribution in [0.5, 0.6) is 0 Å². The van der Waals surface area contributed by atoms with E-state index in [0.717, 1.165) is 15.9 Å². The predicted molar refractivity (Wildman–Crippen MR) is 117 cm³/mol. The van der Waals surface area contributed by atoms with Gasteiger partial charge in [0.15, 0.2) is 0 Å². The first kappa shape index (κ1) is 22.0. The molecule has 1 saturated heterocycles. The van der Waals surface area contributed by atoms with E-state index >= 15 is 0 Å². The minimum Gasteiger partial charge on any atom is -0.346 e. The average molecular weight is 476 g/mol. The number of halogens is 1. The van der Waals surface area contributed by atoms with Crippen LogP contribution in [0, 0.1) is 13.8 Å². The van der Waals surface area contributed by atoms with Crippen molar-refractivity contribution in [3.63, 3.8) is 0 Å². The van der Waals surface area contributed by atoms with Crippen molar-refractivity contribution >= 4 is 33.7 Å². The number of nitrogens with one attached hydrogen (secondary N) is 1. The number of piperazine rings is 1. The zero-order valence-corrected chi connectivity index (χ0v) is 19.2. The maximum atomic E-state index is 13.2. The highest BCUT2D eigenvalue weighted by Crippen LogP contribution is 2.21. The van der Waals surface area contributed by atoms with Crippen molar-refractivity contribution in [2.45, 2.75) is 33.7 Å². The van der Waals surface area contributed by atoms with E-state index in [2.05, 4.69) is 26.3 Å². The summed E-state index contributed by atoms with van der Waals surface area (Å²) >= 11 is 3.42. The molecule has 1 aliphatic rings. The highest BCUT2D eigenvalue weighted by molar-refractivity contribution is 9.10. The van der Waals surface area contributed by atoms with Gasteiger partial charge in [0.1, 0.15) is 0 Å². The summed E-state index contributed by atoms with van der Waals surface area (Å²) in [5.74, 6) is -1.26. The molecular weight excluding hydrogens is 450 g/mol. The van der Waals surface area contributed by atoms with Crippen LogP contribution in [0.3, 0.4) is 0 Å². The summed E-state index contributed by atoms with van der Waals surface area (Å²) in [6.07, 6.45) is 0. The topological polar surface area (TPSA) is 87.5 Å². The normalized spacial score (nSPS) is 14.2. The van der Waals surface area contributed by atoms with Crippen LogP contribution < -0.4 is 5.32 Å². The molecule has 3 rings (SSSR count). The number of hydrogen-bond acceptors (Lipinski definition) is 4. The lowest BCUT2D eigenvalue weighted by atomic mass is 10.1. The summed E-state index contributed by atoms with van der Waals surface area (Å²) in [7, 11) is 0. The molecule has 8 nitrogen and oxygen atoms in total. The van der Waals surface area contributed by atoms with Gasteiger partial charge in [-0.3, -0.25) is 14.4 Å². The third-order valence-corrected chi connectivity index (χ3v) is 5.57. The molecule has 0 atom stereocenters. The second kappa shape index (κ2) is 8.99. The van der Waals surface area contributed by atoms with E-state index in [1.165, 1.54) is 4.90 Å². The van der Waals surface area contributed by atoms with Crippen LogP contribution in [0.25, 0.3) is 5.69 Å². The predicted octanol–water partition coefficient (Wildman–Crippen LogP) is 2.06. The van der Waals surface area contributed by atoms with E-state index in [-0.39, 0.29) is 11.9 Å². The lowest BCUT2D eigenvalue weighted by molar-refractivity contribution is -0.147. The summed E-state index contributed by atoms with van der Waals surface area (Å²) in [4.78, 5) is 40.6. The number of nitrogens with zero attached hydrogens (tertiary/aromatic N) is 4. The van der Waals surface area contributed by atoms with Gasteiger partial charge in [-0.05, 0) is 52.0 Å². The maximum Gasteiger partial charge on any atom is 0.312 e. The van der Waals surface area contributed by atoms with Crippen LogP contribution in [-0.4, -0.2) is 69.5 Å². The first-order valence-electron chi connectivity index (χ1n) is 9.90. The molecule has 30 heavy (non-hydrogen) atoms. The molecule has 1 aromatic heterocycles. The fourth-order valence-electron chi connectivity index (χ4n) is 3.52. The van der Waals surface area contributed by atoms with Crippen molar-refractivity contribution < 1.29 is 14.4 Å². The summed E-state index contributed by atoms with van der Waals surface area (Å²) in [6, 6.07) is 7.63. The molecule has 160 valence electrons. The Labute approximate surface area is 184 Å². The van der Waals surface area contributed by atoms with Crippen molar-refractivity contribution in [1.82, 2.24) is 24.9 Å².